The highest BCUT2D eigenvalue weighted by atomic mass is 79.9. The lowest BCUT2D eigenvalue weighted by Crippen LogP contribution is -2.65. The van der Waals surface area contributed by atoms with Crippen molar-refractivity contribution in [3.8, 4) is 0 Å². The minimum Gasteiger partial charge on any atom is -0.386 e. The van der Waals surface area contributed by atoms with Crippen molar-refractivity contribution in [1.29, 1.82) is 0 Å². The number of likely N-dealkylation sites (tertiary alicyclic amines) is 1. The average molecular weight is 304 g/mol. The Kier molecular flexibility index (Phi) is 3.11. The normalized spacial score (nSPS) is 18.7. The number of nitrogens with zero attached hydrogens (tertiary/aromatic N) is 1. The van der Waals surface area contributed by atoms with Crippen molar-refractivity contribution in [2.75, 3.05) is 13.1 Å². The Morgan fingerprint density at radius 1 is 1.62 bits per heavy atom. The third-order valence-corrected chi connectivity index (χ3v) is 4.93. The second-order valence-electron chi connectivity index (χ2n) is 4.52. The van der Waals surface area contributed by atoms with E-state index in [0.29, 0.717) is 18.0 Å². The zero-order chi connectivity index (χ0) is 11.9. The monoisotopic (exact) mass is 303 g/mol. The summed E-state index contributed by atoms with van der Waals surface area (Å²) in [6.45, 7) is 4.83. The van der Waals surface area contributed by atoms with Gasteiger partial charge in [-0.15, -0.1) is 11.3 Å². The fraction of sp³-hybridized carbons (Fsp3) is 0.545. The van der Waals surface area contributed by atoms with Gasteiger partial charge in [-0.1, -0.05) is 13.8 Å². The van der Waals surface area contributed by atoms with E-state index in [4.69, 9.17) is 0 Å². The molecule has 1 saturated heterocycles. The molecule has 0 spiro atoms. The fourth-order valence-electron chi connectivity index (χ4n) is 1.71. The Hall–Kier alpha value is -0.390. The molecule has 16 heavy (non-hydrogen) atoms. The smallest absolute Gasteiger partial charge is 0.265 e. The summed E-state index contributed by atoms with van der Waals surface area (Å²) in [6.07, 6.45) is 0. The van der Waals surface area contributed by atoms with Crippen molar-refractivity contribution < 1.29 is 9.90 Å². The van der Waals surface area contributed by atoms with Crippen LogP contribution in [0.25, 0.3) is 0 Å². The van der Waals surface area contributed by atoms with Crippen LogP contribution in [0.3, 0.4) is 0 Å². The van der Waals surface area contributed by atoms with E-state index in [1.165, 1.54) is 11.3 Å². The Balaban J connectivity index is 2.04. The zero-order valence-electron chi connectivity index (χ0n) is 9.24. The summed E-state index contributed by atoms with van der Waals surface area (Å²) >= 11 is 4.77. The summed E-state index contributed by atoms with van der Waals surface area (Å²) in [7, 11) is 0. The predicted octanol–water partition coefficient (Wildman–Crippen LogP) is 2.35. The highest BCUT2D eigenvalue weighted by Crippen LogP contribution is 2.32. The van der Waals surface area contributed by atoms with Gasteiger partial charge in [-0.05, 0) is 33.3 Å². The highest BCUT2D eigenvalue weighted by molar-refractivity contribution is 9.10. The van der Waals surface area contributed by atoms with E-state index in [2.05, 4.69) is 15.9 Å². The third kappa shape index (κ3) is 1.92. The van der Waals surface area contributed by atoms with Crippen LogP contribution >= 0.6 is 27.3 Å². The lowest BCUT2D eigenvalue weighted by Gasteiger charge is -2.48. The van der Waals surface area contributed by atoms with Crippen LogP contribution in [0.1, 0.15) is 23.5 Å². The first-order valence-corrected chi connectivity index (χ1v) is 6.86. The second kappa shape index (κ2) is 4.13. The van der Waals surface area contributed by atoms with Gasteiger partial charge in [-0.25, -0.2) is 0 Å². The largest absolute Gasteiger partial charge is 0.386 e. The summed E-state index contributed by atoms with van der Waals surface area (Å²) in [6, 6.07) is 1.87. The van der Waals surface area contributed by atoms with Crippen molar-refractivity contribution in [3.05, 3.63) is 20.8 Å². The Morgan fingerprint density at radius 2 is 2.25 bits per heavy atom. The quantitative estimate of drug-likeness (QED) is 0.911. The lowest BCUT2D eigenvalue weighted by atomic mass is 9.83. The van der Waals surface area contributed by atoms with Crippen molar-refractivity contribution in [3.63, 3.8) is 0 Å². The van der Waals surface area contributed by atoms with Gasteiger partial charge in [0.2, 0.25) is 0 Å². The van der Waals surface area contributed by atoms with Gasteiger partial charge in [0.1, 0.15) is 10.5 Å². The van der Waals surface area contributed by atoms with Gasteiger partial charge in [0.15, 0.2) is 0 Å². The number of rotatable bonds is 2. The molecule has 0 aliphatic carbocycles. The number of β-amino-alcohol motifs (C(OH)–C–C–N with tert-alkyl or cyclic N) is 1. The van der Waals surface area contributed by atoms with E-state index >= 15 is 0 Å². The molecule has 88 valence electrons. The molecule has 0 atom stereocenters. The lowest BCUT2D eigenvalue weighted by molar-refractivity contribution is -0.110. The number of carbonyl (C=O) groups excluding carboxylic acids is 1. The van der Waals surface area contributed by atoms with Gasteiger partial charge in [-0.2, -0.15) is 0 Å². The van der Waals surface area contributed by atoms with Crippen molar-refractivity contribution >= 4 is 33.2 Å². The van der Waals surface area contributed by atoms with Crippen molar-refractivity contribution in [2.24, 2.45) is 5.92 Å². The molecule has 1 aromatic rings. The van der Waals surface area contributed by atoms with Crippen LogP contribution < -0.4 is 0 Å². The van der Waals surface area contributed by atoms with Crippen molar-refractivity contribution in [2.45, 2.75) is 19.4 Å². The summed E-state index contributed by atoms with van der Waals surface area (Å²) in [5.74, 6) is 0.190. The zero-order valence-corrected chi connectivity index (χ0v) is 11.6. The maximum Gasteiger partial charge on any atom is 0.265 e. The third-order valence-electron chi connectivity index (χ3n) is 3.10. The summed E-state index contributed by atoms with van der Waals surface area (Å²) < 4.78 is 0.836. The maximum absolute atomic E-state index is 12.0. The maximum atomic E-state index is 12.0. The molecule has 1 aliphatic rings. The van der Waals surface area contributed by atoms with E-state index in [0.717, 1.165) is 4.47 Å². The number of halogens is 1. The van der Waals surface area contributed by atoms with Crippen LogP contribution in [0.4, 0.5) is 0 Å². The molecule has 0 radical (unpaired) electrons. The van der Waals surface area contributed by atoms with Crippen LogP contribution in [0.5, 0.6) is 0 Å². The molecule has 0 bridgehead atoms. The number of aliphatic hydroxyl groups is 1. The van der Waals surface area contributed by atoms with Gasteiger partial charge in [0, 0.05) is 4.47 Å². The van der Waals surface area contributed by atoms with Crippen LogP contribution in [-0.2, 0) is 0 Å². The molecule has 1 aliphatic heterocycles. The molecule has 1 fully saturated rings. The molecule has 1 N–H and O–H groups in total. The molecule has 2 rings (SSSR count). The number of carbonyl (C=O) groups is 1. The molecule has 1 aromatic heterocycles. The van der Waals surface area contributed by atoms with E-state index in [1.807, 2.05) is 25.3 Å². The Bertz CT molecular complexity index is 410. The molecular formula is C11H14BrNO2S. The number of hydrogen-bond donors (Lipinski definition) is 1. The van der Waals surface area contributed by atoms with Gasteiger partial charge in [-0.3, -0.25) is 4.79 Å². The second-order valence-corrected chi connectivity index (χ2v) is 6.29. The molecular weight excluding hydrogens is 290 g/mol. The molecule has 5 heteroatoms. The predicted molar refractivity (Wildman–Crippen MR) is 67.7 cm³/mol. The molecule has 3 nitrogen and oxygen atoms in total. The standard InChI is InChI=1S/C11H14BrNO2S/c1-7(2)11(15)5-13(6-11)10(14)9-8(12)3-4-16-9/h3-4,7,15H,5-6H2,1-2H3. The molecule has 0 saturated carbocycles. The van der Waals surface area contributed by atoms with E-state index in [-0.39, 0.29) is 11.8 Å². The number of thiophene rings is 1. The van der Waals surface area contributed by atoms with Gasteiger partial charge < -0.3 is 10.0 Å². The highest BCUT2D eigenvalue weighted by Gasteiger charge is 2.46. The first-order chi connectivity index (χ1) is 7.44. The van der Waals surface area contributed by atoms with E-state index in [9.17, 15) is 9.90 Å². The Labute approximate surface area is 107 Å². The molecule has 1 amide bonds. The van der Waals surface area contributed by atoms with Crippen LogP contribution in [-0.4, -0.2) is 34.6 Å². The number of amides is 1. The van der Waals surface area contributed by atoms with Crippen molar-refractivity contribution in [1.82, 2.24) is 4.90 Å². The van der Waals surface area contributed by atoms with Crippen LogP contribution in [0, 0.1) is 5.92 Å². The summed E-state index contributed by atoms with van der Waals surface area (Å²) in [4.78, 5) is 14.4. The van der Waals surface area contributed by atoms with Gasteiger partial charge in [0.05, 0.1) is 13.1 Å². The minimum absolute atomic E-state index is 0.00667. The SMILES string of the molecule is CC(C)C1(O)CN(C(=O)c2sccc2Br)C1. The average Bonchev–Trinajstić information content (AvgIpc) is 2.58. The summed E-state index contributed by atoms with van der Waals surface area (Å²) in [5.41, 5.74) is -0.695. The molecule has 0 aromatic carbocycles. The van der Waals surface area contributed by atoms with Crippen LogP contribution in [0.15, 0.2) is 15.9 Å². The molecule has 2 heterocycles. The number of hydrogen-bond acceptors (Lipinski definition) is 3. The first-order valence-electron chi connectivity index (χ1n) is 5.19. The van der Waals surface area contributed by atoms with E-state index < -0.39 is 5.60 Å². The van der Waals surface area contributed by atoms with Crippen LogP contribution in [0.2, 0.25) is 0 Å². The minimum atomic E-state index is -0.695. The topological polar surface area (TPSA) is 40.5 Å². The summed E-state index contributed by atoms with van der Waals surface area (Å²) in [5, 5.41) is 12.0. The van der Waals surface area contributed by atoms with Gasteiger partial charge in [0.25, 0.3) is 5.91 Å². The Morgan fingerprint density at radius 3 is 2.69 bits per heavy atom. The first kappa shape index (κ1) is 12.1. The molecule has 0 unspecified atom stereocenters. The van der Waals surface area contributed by atoms with E-state index in [1.54, 1.807) is 4.90 Å². The van der Waals surface area contributed by atoms with Gasteiger partial charge >= 0.3 is 0 Å². The fourth-order valence-corrected chi connectivity index (χ4v) is 3.22.